The highest BCUT2D eigenvalue weighted by Gasteiger charge is 2.90. The molecule has 18 nitrogen and oxygen atoms in total. The fourth-order valence-electron chi connectivity index (χ4n) is 7.39. The van der Waals surface area contributed by atoms with E-state index in [9.17, 15) is 117 Å². The van der Waals surface area contributed by atoms with Crippen LogP contribution in [-0.4, -0.2) is 193 Å². The summed E-state index contributed by atoms with van der Waals surface area (Å²) >= 11 is 0. The number of hydrogen-bond donors (Lipinski definition) is 12. The molecule has 2 aliphatic heterocycles. The molecule has 0 bridgehead atoms. The Morgan fingerprint density at radius 3 is 1.89 bits per heavy atom. The second kappa shape index (κ2) is 22.6. The van der Waals surface area contributed by atoms with Gasteiger partial charge in [0.25, 0.3) is 11.8 Å². The van der Waals surface area contributed by atoms with Crippen LogP contribution in [0.2, 0.25) is 0 Å². The molecule has 1 saturated heterocycles. The number of rotatable bonds is 23. The molecule has 1 aromatic rings. The van der Waals surface area contributed by atoms with E-state index >= 15 is 0 Å². The average molecular weight is 1060 g/mol. The lowest BCUT2D eigenvalue weighted by molar-refractivity contribution is -0.440. The van der Waals surface area contributed by atoms with Gasteiger partial charge in [0, 0.05) is 31.5 Å². The van der Waals surface area contributed by atoms with E-state index in [-0.39, 0.29) is 31.6 Å². The molecule has 2 aliphatic rings. The van der Waals surface area contributed by atoms with Crippen LogP contribution in [0.15, 0.2) is 0 Å². The molecule has 0 aromatic heterocycles. The van der Waals surface area contributed by atoms with E-state index in [0.29, 0.717) is 34.4 Å². The molecule has 0 saturated carbocycles. The minimum Gasteiger partial charge on any atom is -0.507 e. The van der Waals surface area contributed by atoms with Gasteiger partial charge in [-0.15, -0.1) is 0 Å². The fourth-order valence-corrected chi connectivity index (χ4v) is 7.39. The van der Waals surface area contributed by atoms with E-state index in [2.05, 4.69) is 5.32 Å². The molecule has 3 amide bonds. The first-order chi connectivity index (χ1) is 32.3. The number of aliphatic hydroxyl groups excluding tert-OH is 8. The number of aliphatic hydroxyl groups is 8. The molecule has 2 heterocycles. The molecule has 410 valence electrons. The highest BCUT2D eigenvalue weighted by molar-refractivity contribution is 5.89. The van der Waals surface area contributed by atoms with Crippen molar-refractivity contribution in [3.05, 3.63) is 22.3 Å². The fraction of sp³-hybridized carbons (Fsp3) is 0.775. The van der Waals surface area contributed by atoms with Gasteiger partial charge in [-0.25, -0.2) is 0 Å². The van der Waals surface area contributed by atoms with Gasteiger partial charge in [0.15, 0.2) is 18.0 Å². The monoisotopic (exact) mass is 1060 g/mol. The number of fused-ring (bicyclic) bond motifs is 1. The van der Waals surface area contributed by atoms with Gasteiger partial charge in [0.05, 0.1) is 13.2 Å². The molecule has 1 fully saturated rings. The van der Waals surface area contributed by atoms with Crippen LogP contribution in [0.25, 0.3) is 0 Å². The van der Waals surface area contributed by atoms with Crippen LogP contribution in [0.5, 0.6) is 11.5 Å². The number of halogens is 13. The van der Waals surface area contributed by atoms with Crippen molar-refractivity contribution >= 4 is 17.7 Å². The summed E-state index contributed by atoms with van der Waals surface area (Å²) < 4.78 is 194. The molecule has 71 heavy (non-hydrogen) atoms. The van der Waals surface area contributed by atoms with Crippen LogP contribution in [0.4, 0.5) is 57.1 Å². The predicted octanol–water partition coefficient (Wildman–Crippen LogP) is 0.678. The van der Waals surface area contributed by atoms with Gasteiger partial charge in [-0.05, 0) is 70.1 Å². The Hall–Kier alpha value is -4.08. The maximum absolute atomic E-state index is 14.5. The predicted molar refractivity (Wildman–Crippen MR) is 211 cm³/mol. The van der Waals surface area contributed by atoms with Crippen molar-refractivity contribution in [3.8, 4) is 11.5 Å². The first kappa shape index (κ1) is 61.2. The van der Waals surface area contributed by atoms with E-state index in [4.69, 9.17) is 14.2 Å². The normalized spacial score (nSPS) is 24.7. The second-order valence-corrected chi connectivity index (χ2v) is 17.2. The number of ether oxygens (including phenoxy) is 3. The Labute approximate surface area is 394 Å². The number of phenolic OH excluding ortho intramolecular Hbond substituents is 1. The van der Waals surface area contributed by atoms with Gasteiger partial charge in [0.2, 0.25) is 5.91 Å². The molecule has 1 aromatic carbocycles. The third-order valence-electron chi connectivity index (χ3n) is 12.2. The molecule has 3 rings (SSSR count). The van der Waals surface area contributed by atoms with E-state index in [0.717, 1.165) is 0 Å². The Morgan fingerprint density at radius 2 is 1.34 bits per heavy atom. The summed E-state index contributed by atoms with van der Waals surface area (Å²) in [5, 5.41) is 97.6. The highest BCUT2D eigenvalue weighted by Crippen LogP contribution is 2.60. The molecule has 31 heteroatoms. The lowest BCUT2D eigenvalue weighted by Gasteiger charge is -2.42. The number of hydrogen-bond acceptors (Lipinski definition) is 15. The van der Waals surface area contributed by atoms with E-state index in [1.807, 2.05) is 0 Å². The third-order valence-corrected chi connectivity index (χ3v) is 12.2. The molecule has 12 N–H and O–H groups in total. The minimum absolute atomic E-state index is 0.0433. The van der Waals surface area contributed by atoms with Gasteiger partial charge < -0.3 is 76.1 Å². The first-order valence-electron chi connectivity index (χ1n) is 21.3. The minimum atomic E-state index is -8.19. The summed E-state index contributed by atoms with van der Waals surface area (Å²) in [5.74, 6) is -42.5. The zero-order chi connectivity index (χ0) is 54.8. The van der Waals surface area contributed by atoms with E-state index in [1.165, 1.54) is 12.2 Å². The van der Waals surface area contributed by atoms with Crippen molar-refractivity contribution in [2.75, 3.05) is 26.3 Å². The van der Waals surface area contributed by atoms with Gasteiger partial charge in [-0.1, -0.05) is 0 Å². The van der Waals surface area contributed by atoms with Crippen molar-refractivity contribution < 1.29 is 132 Å². The number of nitrogens with one attached hydrogen (secondary N) is 3. The van der Waals surface area contributed by atoms with E-state index < -0.39 is 153 Å². The first-order valence-corrected chi connectivity index (χ1v) is 21.3. The maximum Gasteiger partial charge on any atom is 0.460 e. The molecule has 1 unspecified atom stereocenters. The molecular weight excluding hydrogens is 1010 g/mol. The molecule has 11 atom stereocenters. The summed E-state index contributed by atoms with van der Waals surface area (Å²) in [6.45, 7) is 1.78. The van der Waals surface area contributed by atoms with Crippen LogP contribution < -0.4 is 20.7 Å². The van der Waals surface area contributed by atoms with E-state index in [1.54, 1.807) is 26.1 Å². The Balaban J connectivity index is 1.82. The Bertz CT molecular complexity index is 2040. The number of phenols is 1. The summed E-state index contributed by atoms with van der Waals surface area (Å²) in [7, 11) is 0. The number of alkyl halides is 13. The number of aromatic hydroxyl groups is 1. The smallest absolute Gasteiger partial charge is 0.460 e. The highest BCUT2D eigenvalue weighted by atomic mass is 19.4. The van der Waals surface area contributed by atoms with Crippen LogP contribution in [0.1, 0.15) is 61.3 Å². The Morgan fingerprint density at radius 1 is 0.761 bits per heavy atom. The summed E-state index contributed by atoms with van der Waals surface area (Å²) in [5.41, 5.74) is 0.755. The molecule has 0 aliphatic carbocycles. The summed E-state index contributed by atoms with van der Waals surface area (Å²) in [4.78, 5) is 39.8. The van der Waals surface area contributed by atoms with Gasteiger partial charge in [-0.2, -0.15) is 57.1 Å². The van der Waals surface area contributed by atoms with Crippen LogP contribution >= 0.6 is 0 Å². The van der Waals surface area contributed by atoms with Crippen molar-refractivity contribution in [3.63, 3.8) is 0 Å². The lowest BCUT2D eigenvalue weighted by atomic mass is 9.86. The second-order valence-electron chi connectivity index (χ2n) is 17.2. The quantitative estimate of drug-likeness (QED) is 0.0530. The molecule has 0 radical (unpaired) electrons. The van der Waals surface area contributed by atoms with Crippen molar-refractivity contribution in [2.45, 2.75) is 169 Å². The van der Waals surface area contributed by atoms with Crippen molar-refractivity contribution in [1.29, 1.82) is 0 Å². The molecule has 0 spiro atoms. The van der Waals surface area contributed by atoms with Crippen molar-refractivity contribution in [1.82, 2.24) is 16.0 Å². The summed E-state index contributed by atoms with van der Waals surface area (Å²) in [6.07, 6.45) is -31.9. The topological polar surface area (TPSA) is 297 Å². The Kier molecular flexibility index (Phi) is 19.5. The number of carbonyl (C=O) groups excluding carboxylic acids is 3. The maximum atomic E-state index is 14.5. The van der Waals surface area contributed by atoms with Gasteiger partial charge in [0.1, 0.15) is 60.3 Å². The standard InChI is InChI=1S/C40H54F13N3O15/c1-15-16(2)28-18(17(3)22(15)60)8-9-34(4,71-28)33(68)55-11-6-5-7-19(30(66)54-12-10-35(41,42)36(43,44)37(45,46)38(47,48)39(49,50)40(51,52)53)56-31(67)26(64)25(63)29(20(59)13-57)70-32-27(65)24(62)23(61)21(14-58)69-32/h19-21,23-27,29,32,57-65H,5-14H2,1-4H3,(H,54,66)(H,55,68)(H,56,67)/t19-,20+,21+,23-,24-,25+,26+,27+,29+,32-,34?/m0/s1. The van der Waals surface area contributed by atoms with Crippen LogP contribution in [-0.2, 0) is 30.3 Å². The molecular formula is C40H54F13N3O15. The third kappa shape index (κ3) is 12.1. The summed E-state index contributed by atoms with van der Waals surface area (Å²) in [6, 6.07) is -2.19. The zero-order valence-electron chi connectivity index (χ0n) is 37.7. The van der Waals surface area contributed by atoms with Crippen molar-refractivity contribution in [2.24, 2.45) is 0 Å². The lowest BCUT2D eigenvalue weighted by Crippen LogP contribution is -2.70. The number of unbranched alkanes of at least 4 members (excludes halogenated alkanes) is 1. The zero-order valence-corrected chi connectivity index (χ0v) is 37.7. The average Bonchev–Trinajstić information content (AvgIpc) is 3.29. The number of benzene rings is 1. The van der Waals surface area contributed by atoms with Gasteiger partial charge >= 0.3 is 35.8 Å². The SMILES string of the molecule is Cc1c(C)c2c(c(C)c1O)CCC(C)(C(=O)NCCCC[C@H](NC(=O)[C@H](O)[C@@H](O)[C@H](O[C@@H]1O[C@H](CO)[C@H](O)[C@H](O)[C@H]1O)[C@H](O)CO)C(=O)NCCC(F)(F)C(F)(F)C(F)(F)C(F)(F)C(F)(F)C(F)(F)F)O2. The van der Waals surface area contributed by atoms with Gasteiger partial charge in [-0.3, -0.25) is 14.4 Å². The largest absolute Gasteiger partial charge is 0.507 e. The number of carbonyl (C=O) groups is 3. The number of amides is 3. The van der Waals surface area contributed by atoms with Crippen LogP contribution in [0.3, 0.4) is 0 Å². The van der Waals surface area contributed by atoms with Crippen LogP contribution in [0, 0.1) is 20.8 Å².